The highest BCUT2D eigenvalue weighted by Crippen LogP contribution is 2.01. The summed E-state index contributed by atoms with van der Waals surface area (Å²) in [7, 11) is 1.38. The molecule has 1 aromatic carbocycles. The van der Waals surface area contributed by atoms with Crippen LogP contribution in [0.2, 0.25) is 0 Å². The average Bonchev–Trinajstić information content (AvgIpc) is 2.19. The second kappa shape index (κ2) is 5.36. The molecule has 0 spiro atoms. The number of amides is 1. The number of hydrogen-bond acceptors (Lipinski definition) is 3. The van der Waals surface area contributed by atoms with Gasteiger partial charge in [-0.3, -0.25) is 9.63 Å². The van der Waals surface area contributed by atoms with Crippen LogP contribution in [0.25, 0.3) is 0 Å². The summed E-state index contributed by atoms with van der Waals surface area (Å²) in [6, 6.07) is 9.04. The third-order valence-electron chi connectivity index (χ3n) is 1.84. The Morgan fingerprint density at radius 2 is 2.14 bits per heavy atom. The van der Waals surface area contributed by atoms with Crippen LogP contribution in [0.3, 0.4) is 0 Å². The molecule has 1 atom stereocenters. The molecule has 0 radical (unpaired) electrons. The summed E-state index contributed by atoms with van der Waals surface area (Å²) in [6.45, 7) is 0. The van der Waals surface area contributed by atoms with Crippen LogP contribution in [0.1, 0.15) is 5.56 Å². The quantitative estimate of drug-likeness (QED) is 0.674. The van der Waals surface area contributed by atoms with Gasteiger partial charge in [0.15, 0.2) is 0 Å². The van der Waals surface area contributed by atoms with Crippen molar-refractivity contribution in [2.45, 2.75) is 12.5 Å². The zero-order valence-electron chi connectivity index (χ0n) is 8.07. The highest BCUT2D eigenvalue weighted by molar-refractivity contribution is 5.80. The van der Waals surface area contributed by atoms with Gasteiger partial charge in [-0.15, -0.1) is 0 Å². The normalized spacial score (nSPS) is 12.1. The highest BCUT2D eigenvalue weighted by atomic mass is 16.6. The maximum absolute atomic E-state index is 11.2. The van der Waals surface area contributed by atoms with Crippen LogP contribution in [-0.2, 0) is 16.1 Å². The second-order valence-electron chi connectivity index (χ2n) is 2.97. The summed E-state index contributed by atoms with van der Waals surface area (Å²) in [4.78, 5) is 15.7. The molecule has 1 rings (SSSR count). The first-order chi connectivity index (χ1) is 6.74. The molecule has 0 heterocycles. The first-order valence-electron chi connectivity index (χ1n) is 4.36. The van der Waals surface area contributed by atoms with Gasteiger partial charge in [-0.25, -0.2) is 5.48 Å². The smallest absolute Gasteiger partial charge is 0.260 e. The fraction of sp³-hybridized carbons (Fsp3) is 0.300. The largest absolute Gasteiger partial charge is 0.320 e. The third kappa shape index (κ3) is 3.16. The van der Waals surface area contributed by atoms with Gasteiger partial charge in [0.05, 0.1) is 13.2 Å². The highest BCUT2D eigenvalue weighted by Gasteiger charge is 2.12. The van der Waals surface area contributed by atoms with E-state index in [9.17, 15) is 4.79 Å². The standard InChI is InChI=1S/C10H14N2O2/c1-14-12-10(13)9(11)7-8-5-3-2-4-6-8/h2-6,9H,7,11H2,1H3,(H,12,13)/t9-/m1/s1. The number of nitrogens with two attached hydrogens (primary N) is 1. The van der Waals surface area contributed by atoms with Gasteiger partial charge < -0.3 is 5.73 Å². The number of carbonyl (C=O) groups is 1. The summed E-state index contributed by atoms with van der Waals surface area (Å²) in [5.74, 6) is -0.309. The Morgan fingerprint density at radius 1 is 1.50 bits per heavy atom. The Labute approximate surface area is 83.0 Å². The molecule has 76 valence electrons. The molecule has 0 aromatic heterocycles. The van der Waals surface area contributed by atoms with Gasteiger partial charge in [0, 0.05) is 0 Å². The Bertz CT molecular complexity index is 287. The van der Waals surface area contributed by atoms with Crippen LogP contribution in [0, 0.1) is 0 Å². The van der Waals surface area contributed by atoms with E-state index in [0.29, 0.717) is 6.42 Å². The van der Waals surface area contributed by atoms with Crippen molar-refractivity contribution in [2.24, 2.45) is 5.73 Å². The minimum absolute atomic E-state index is 0.309. The molecule has 0 fully saturated rings. The van der Waals surface area contributed by atoms with Crippen molar-refractivity contribution < 1.29 is 9.63 Å². The number of hydroxylamine groups is 1. The summed E-state index contributed by atoms with van der Waals surface area (Å²) in [6.07, 6.45) is 0.510. The molecule has 4 nitrogen and oxygen atoms in total. The van der Waals surface area contributed by atoms with Gasteiger partial charge >= 0.3 is 0 Å². The summed E-state index contributed by atoms with van der Waals surface area (Å²) >= 11 is 0. The van der Waals surface area contributed by atoms with E-state index in [2.05, 4.69) is 10.3 Å². The van der Waals surface area contributed by atoms with Crippen LogP contribution < -0.4 is 11.2 Å². The topological polar surface area (TPSA) is 64.3 Å². The molecule has 0 aliphatic heterocycles. The van der Waals surface area contributed by atoms with E-state index in [0.717, 1.165) is 5.56 Å². The molecule has 0 saturated heterocycles. The lowest BCUT2D eigenvalue weighted by Gasteiger charge is -2.10. The van der Waals surface area contributed by atoms with Crippen molar-refractivity contribution in [3.63, 3.8) is 0 Å². The number of carbonyl (C=O) groups excluding carboxylic acids is 1. The molecule has 0 bridgehead atoms. The molecule has 4 heteroatoms. The summed E-state index contributed by atoms with van der Waals surface area (Å²) in [5.41, 5.74) is 8.88. The van der Waals surface area contributed by atoms with Crippen molar-refractivity contribution in [3.05, 3.63) is 35.9 Å². The number of benzene rings is 1. The molecular formula is C10H14N2O2. The predicted octanol–water partition coefficient (Wildman–Crippen LogP) is 0.234. The Kier molecular flexibility index (Phi) is 4.10. The summed E-state index contributed by atoms with van der Waals surface area (Å²) < 4.78 is 0. The molecular weight excluding hydrogens is 180 g/mol. The Hall–Kier alpha value is -1.39. The van der Waals surface area contributed by atoms with Gasteiger partial charge in [0.2, 0.25) is 0 Å². The number of rotatable bonds is 4. The van der Waals surface area contributed by atoms with E-state index < -0.39 is 6.04 Å². The lowest BCUT2D eigenvalue weighted by molar-refractivity contribution is -0.132. The van der Waals surface area contributed by atoms with Gasteiger partial charge in [-0.2, -0.15) is 0 Å². The van der Waals surface area contributed by atoms with Crippen LogP contribution in [0.5, 0.6) is 0 Å². The minimum Gasteiger partial charge on any atom is -0.320 e. The van der Waals surface area contributed by atoms with Crippen LogP contribution >= 0.6 is 0 Å². The monoisotopic (exact) mass is 194 g/mol. The molecule has 1 aromatic rings. The van der Waals surface area contributed by atoms with Crippen LogP contribution in [-0.4, -0.2) is 19.1 Å². The van der Waals surface area contributed by atoms with E-state index in [1.54, 1.807) is 0 Å². The molecule has 0 aliphatic rings. The Balaban J connectivity index is 2.49. The van der Waals surface area contributed by atoms with Gasteiger partial charge in [0.1, 0.15) is 0 Å². The number of hydrogen-bond donors (Lipinski definition) is 2. The average molecular weight is 194 g/mol. The molecule has 0 unspecified atom stereocenters. The fourth-order valence-electron chi connectivity index (χ4n) is 1.14. The third-order valence-corrected chi connectivity index (χ3v) is 1.84. The fourth-order valence-corrected chi connectivity index (χ4v) is 1.14. The van der Waals surface area contributed by atoms with E-state index in [1.165, 1.54) is 7.11 Å². The van der Waals surface area contributed by atoms with E-state index in [4.69, 9.17) is 5.73 Å². The zero-order chi connectivity index (χ0) is 10.4. The van der Waals surface area contributed by atoms with Crippen molar-refractivity contribution >= 4 is 5.91 Å². The van der Waals surface area contributed by atoms with Gasteiger partial charge in [-0.05, 0) is 12.0 Å². The lowest BCUT2D eigenvalue weighted by atomic mass is 10.1. The van der Waals surface area contributed by atoms with Gasteiger partial charge in [-0.1, -0.05) is 30.3 Å². The predicted molar refractivity (Wildman–Crippen MR) is 53.3 cm³/mol. The molecule has 1 amide bonds. The summed E-state index contributed by atoms with van der Waals surface area (Å²) in [5, 5.41) is 0. The molecule has 3 N–H and O–H groups in total. The first-order valence-corrected chi connectivity index (χ1v) is 4.36. The minimum atomic E-state index is -0.572. The van der Waals surface area contributed by atoms with Crippen LogP contribution in [0.15, 0.2) is 30.3 Å². The van der Waals surface area contributed by atoms with E-state index >= 15 is 0 Å². The maximum atomic E-state index is 11.2. The SMILES string of the molecule is CONC(=O)[C@H](N)Cc1ccccc1. The molecule has 14 heavy (non-hydrogen) atoms. The lowest BCUT2D eigenvalue weighted by Crippen LogP contribution is -2.41. The first kappa shape index (κ1) is 10.7. The Morgan fingerprint density at radius 3 is 2.71 bits per heavy atom. The maximum Gasteiger partial charge on any atom is 0.260 e. The van der Waals surface area contributed by atoms with Gasteiger partial charge in [0.25, 0.3) is 5.91 Å². The van der Waals surface area contributed by atoms with Crippen molar-refractivity contribution in [3.8, 4) is 0 Å². The van der Waals surface area contributed by atoms with Crippen molar-refractivity contribution in [1.29, 1.82) is 0 Å². The molecule has 0 aliphatic carbocycles. The molecule has 0 saturated carbocycles. The zero-order valence-corrected chi connectivity index (χ0v) is 8.07. The van der Waals surface area contributed by atoms with Crippen LogP contribution in [0.4, 0.5) is 0 Å². The second-order valence-corrected chi connectivity index (χ2v) is 2.97. The van der Waals surface area contributed by atoms with Crippen molar-refractivity contribution in [2.75, 3.05) is 7.11 Å². The number of nitrogens with one attached hydrogen (secondary N) is 1. The van der Waals surface area contributed by atoms with E-state index in [-0.39, 0.29) is 5.91 Å². The van der Waals surface area contributed by atoms with E-state index in [1.807, 2.05) is 30.3 Å². The van der Waals surface area contributed by atoms with Crippen molar-refractivity contribution in [1.82, 2.24) is 5.48 Å².